The van der Waals surface area contributed by atoms with Crippen LogP contribution in [0.4, 0.5) is 5.69 Å². The van der Waals surface area contributed by atoms with E-state index in [0.29, 0.717) is 5.02 Å². The number of benzene rings is 2. The van der Waals surface area contributed by atoms with Crippen molar-refractivity contribution in [1.29, 1.82) is 0 Å². The van der Waals surface area contributed by atoms with E-state index in [1.807, 2.05) is 37.3 Å². The first-order valence-electron chi connectivity index (χ1n) is 6.91. The van der Waals surface area contributed by atoms with E-state index in [1.165, 1.54) is 5.56 Å². The van der Waals surface area contributed by atoms with Crippen LogP contribution in [0.1, 0.15) is 18.9 Å². The van der Waals surface area contributed by atoms with E-state index in [0.717, 1.165) is 17.9 Å². The molecule has 2 aromatic carbocycles. The predicted octanol–water partition coefficient (Wildman–Crippen LogP) is 4.99. The number of carbonyl (C=O) groups is 1. The first-order chi connectivity index (χ1) is 10.2. The number of amides is 1. The second kappa shape index (κ2) is 8.11. The summed E-state index contributed by atoms with van der Waals surface area (Å²) in [6.07, 6.45) is 0.803. The monoisotopic (exact) mass is 319 g/mol. The molecule has 0 radical (unpaired) electrons. The molecule has 21 heavy (non-hydrogen) atoms. The Balaban J connectivity index is 1.90. The van der Waals surface area contributed by atoms with Crippen LogP contribution in [0.25, 0.3) is 0 Å². The highest BCUT2D eigenvalue weighted by Crippen LogP contribution is 2.22. The molecule has 2 rings (SSSR count). The number of thioether (sulfide) groups is 1. The number of halogens is 1. The fourth-order valence-corrected chi connectivity index (χ4v) is 3.06. The van der Waals surface area contributed by atoms with Gasteiger partial charge >= 0.3 is 0 Å². The molecule has 0 bridgehead atoms. The van der Waals surface area contributed by atoms with Gasteiger partial charge in [0.2, 0.25) is 5.91 Å². The quantitative estimate of drug-likeness (QED) is 0.812. The minimum absolute atomic E-state index is 0.0424. The van der Waals surface area contributed by atoms with Crippen LogP contribution in [0.2, 0.25) is 5.02 Å². The Hall–Kier alpha value is -1.45. The van der Waals surface area contributed by atoms with E-state index in [-0.39, 0.29) is 11.2 Å². The molecule has 0 fully saturated rings. The topological polar surface area (TPSA) is 29.1 Å². The predicted molar refractivity (Wildman–Crippen MR) is 91.9 cm³/mol. The second-order valence-corrected chi connectivity index (χ2v) is 6.32. The maximum absolute atomic E-state index is 12.3. The molecule has 0 heterocycles. The van der Waals surface area contributed by atoms with Crippen LogP contribution in [0.3, 0.4) is 0 Å². The van der Waals surface area contributed by atoms with Crippen molar-refractivity contribution in [2.45, 2.75) is 24.3 Å². The third kappa shape index (κ3) is 5.10. The lowest BCUT2D eigenvalue weighted by Crippen LogP contribution is -2.24. The molecule has 4 heteroatoms. The summed E-state index contributed by atoms with van der Waals surface area (Å²) < 4.78 is 0. The van der Waals surface area contributed by atoms with Crippen molar-refractivity contribution in [3.05, 3.63) is 65.2 Å². The third-order valence-electron chi connectivity index (χ3n) is 3.07. The van der Waals surface area contributed by atoms with Gasteiger partial charge in [-0.3, -0.25) is 4.79 Å². The van der Waals surface area contributed by atoms with Gasteiger partial charge in [-0.15, -0.1) is 11.8 Å². The zero-order valence-electron chi connectivity index (χ0n) is 11.9. The highest BCUT2D eigenvalue weighted by Gasteiger charge is 2.17. The lowest BCUT2D eigenvalue weighted by molar-refractivity contribution is -0.115. The van der Waals surface area contributed by atoms with Gasteiger partial charge in [0, 0.05) is 16.5 Å². The minimum Gasteiger partial charge on any atom is -0.325 e. The molecule has 110 valence electrons. The molecule has 2 aromatic rings. The summed E-state index contributed by atoms with van der Waals surface area (Å²) in [6.45, 7) is 2.03. The summed E-state index contributed by atoms with van der Waals surface area (Å²) in [4.78, 5) is 12.3. The molecule has 0 aromatic heterocycles. The maximum atomic E-state index is 12.3. The number of hydrogen-bond acceptors (Lipinski definition) is 2. The Morgan fingerprint density at radius 3 is 2.43 bits per heavy atom. The highest BCUT2D eigenvalue weighted by molar-refractivity contribution is 7.99. The molecular formula is C17H18ClNOS. The van der Waals surface area contributed by atoms with Crippen LogP contribution in [0.5, 0.6) is 0 Å². The number of anilines is 1. The van der Waals surface area contributed by atoms with E-state index in [9.17, 15) is 4.79 Å². The molecule has 0 aliphatic rings. The number of hydrogen-bond donors (Lipinski definition) is 1. The molecule has 1 amide bonds. The molecule has 1 atom stereocenters. The SMILES string of the molecule is CCC(SCc1ccccc1)C(=O)Nc1ccc(Cl)cc1. The normalized spacial score (nSPS) is 11.9. The van der Waals surface area contributed by atoms with Crippen molar-refractivity contribution in [3.8, 4) is 0 Å². The standard InChI is InChI=1S/C17H18ClNOS/c1-2-16(21-12-13-6-4-3-5-7-13)17(20)19-15-10-8-14(18)9-11-15/h3-11,16H,2,12H2,1H3,(H,19,20). The number of rotatable bonds is 6. The summed E-state index contributed by atoms with van der Waals surface area (Å²) in [5, 5.41) is 3.55. The van der Waals surface area contributed by atoms with Gasteiger partial charge in [0.15, 0.2) is 0 Å². The van der Waals surface area contributed by atoms with Gasteiger partial charge in [0.25, 0.3) is 0 Å². The first-order valence-corrected chi connectivity index (χ1v) is 8.33. The first kappa shape index (κ1) is 15.9. The van der Waals surface area contributed by atoms with Gasteiger partial charge in [0.1, 0.15) is 0 Å². The van der Waals surface area contributed by atoms with Crippen molar-refractivity contribution in [3.63, 3.8) is 0 Å². The molecular weight excluding hydrogens is 302 g/mol. The van der Waals surface area contributed by atoms with Gasteiger partial charge < -0.3 is 5.32 Å². The zero-order valence-corrected chi connectivity index (χ0v) is 13.5. The molecule has 0 saturated carbocycles. The summed E-state index contributed by atoms with van der Waals surface area (Å²) in [6, 6.07) is 17.4. The van der Waals surface area contributed by atoms with E-state index in [4.69, 9.17) is 11.6 Å². The molecule has 0 spiro atoms. The minimum atomic E-state index is -0.0547. The van der Waals surface area contributed by atoms with Crippen LogP contribution in [-0.4, -0.2) is 11.2 Å². The van der Waals surface area contributed by atoms with E-state index >= 15 is 0 Å². The number of carbonyl (C=O) groups excluding carboxylic acids is 1. The van der Waals surface area contributed by atoms with Crippen LogP contribution >= 0.6 is 23.4 Å². The van der Waals surface area contributed by atoms with Crippen molar-refractivity contribution < 1.29 is 4.79 Å². The molecule has 2 nitrogen and oxygen atoms in total. The summed E-state index contributed by atoms with van der Waals surface area (Å²) >= 11 is 7.51. The van der Waals surface area contributed by atoms with Crippen molar-refractivity contribution in [2.24, 2.45) is 0 Å². The van der Waals surface area contributed by atoms with Crippen molar-refractivity contribution in [1.82, 2.24) is 0 Å². The van der Waals surface area contributed by atoms with Gasteiger partial charge in [-0.25, -0.2) is 0 Å². The van der Waals surface area contributed by atoms with Crippen LogP contribution in [-0.2, 0) is 10.5 Å². The molecule has 1 unspecified atom stereocenters. The Morgan fingerprint density at radius 1 is 1.14 bits per heavy atom. The molecule has 0 aliphatic heterocycles. The molecule has 1 N–H and O–H groups in total. The Labute approximate surface area is 134 Å². The average molecular weight is 320 g/mol. The van der Waals surface area contributed by atoms with Gasteiger partial charge in [-0.1, -0.05) is 48.9 Å². The lowest BCUT2D eigenvalue weighted by Gasteiger charge is -2.15. The maximum Gasteiger partial charge on any atom is 0.237 e. The van der Waals surface area contributed by atoms with E-state index < -0.39 is 0 Å². The fourth-order valence-electron chi connectivity index (χ4n) is 1.91. The Morgan fingerprint density at radius 2 is 1.81 bits per heavy atom. The van der Waals surface area contributed by atoms with Crippen LogP contribution < -0.4 is 5.32 Å². The Kier molecular flexibility index (Phi) is 6.15. The van der Waals surface area contributed by atoms with Crippen LogP contribution in [0.15, 0.2) is 54.6 Å². The van der Waals surface area contributed by atoms with Gasteiger partial charge in [0.05, 0.1) is 5.25 Å². The molecule has 0 aliphatic carbocycles. The van der Waals surface area contributed by atoms with E-state index in [2.05, 4.69) is 17.4 Å². The molecule has 0 saturated heterocycles. The Bertz CT molecular complexity index is 571. The third-order valence-corrected chi connectivity index (χ3v) is 4.77. The van der Waals surface area contributed by atoms with Gasteiger partial charge in [-0.2, -0.15) is 0 Å². The summed E-state index contributed by atoms with van der Waals surface area (Å²) in [5.41, 5.74) is 2.02. The lowest BCUT2D eigenvalue weighted by atomic mass is 10.2. The fraction of sp³-hybridized carbons (Fsp3) is 0.235. The van der Waals surface area contributed by atoms with E-state index in [1.54, 1.807) is 23.9 Å². The van der Waals surface area contributed by atoms with Gasteiger partial charge in [-0.05, 0) is 36.2 Å². The van der Waals surface area contributed by atoms with Crippen LogP contribution in [0, 0.1) is 0 Å². The smallest absolute Gasteiger partial charge is 0.237 e. The second-order valence-electron chi connectivity index (χ2n) is 4.69. The summed E-state index contributed by atoms with van der Waals surface area (Å²) in [5.74, 6) is 0.883. The average Bonchev–Trinajstić information content (AvgIpc) is 2.51. The highest BCUT2D eigenvalue weighted by atomic mass is 35.5. The number of nitrogens with one attached hydrogen (secondary N) is 1. The zero-order chi connectivity index (χ0) is 15.1. The largest absolute Gasteiger partial charge is 0.325 e. The van der Waals surface area contributed by atoms with Crippen molar-refractivity contribution in [2.75, 3.05) is 5.32 Å². The van der Waals surface area contributed by atoms with Crippen molar-refractivity contribution >= 4 is 35.0 Å². The summed E-state index contributed by atoms with van der Waals surface area (Å²) in [7, 11) is 0.